The Morgan fingerprint density at radius 1 is 1.00 bits per heavy atom. The minimum Gasteiger partial charge on any atom is -0.382 e. The van der Waals surface area contributed by atoms with E-state index in [9.17, 15) is 19.0 Å². The van der Waals surface area contributed by atoms with Gasteiger partial charge in [-0.3, -0.25) is 40.1 Å². The van der Waals surface area contributed by atoms with Crippen LogP contribution in [0.4, 0.5) is 11.9 Å². The second kappa shape index (κ2) is 10.9. The second-order valence-corrected chi connectivity index (χ2v) is 12.6. The lowest BCUT2D eigenvalue weighted by Gasteiger charge is -2.22. The smallest absolute Gasteiger partial charge is 0.382 e. The first-order valence-electron chi connectivity index (χ1n) is 14.0. The van der Waals surface area contributed by atoms with Gasteiger partial charge in [0, 0.05) is 27.1 Å². The van der Waals surface area contributed by atoms with Crippen molar-refractivity contribution in [2.45, 2.75) is 55.6 Å². The first-order valence-corrected chi connectivity index (χ1v) is 15.5. The number of hydrogen-bond acceptors (Lipinski definition) is 15. The van der Waals surface area contributed by atoms with Crippen LogP contribution in [0.2, 0.25) is 0 Å². The van der Waals surface area contributed by atoms with Gasteiger partial charge in [-0.25, -0.2) is 13.7 Å². The summed E-state index contributed by atoms with van der Waals surface area (Å²) < 4.78 is 52.7. The van der Waals surface area contributed by atoms with Crippen LogP contribution >= 0.6 is 7.82 Å². The van der Waals surface area contributed by atoms with Crippen molar-refractivity contribution in [2.75, 3.05) is 38.9 Å². The first-order chi connectivity index (χ1) is 21.8. The Morgan fingerprint density at radius 3 is 2.11 bits per heavy atom. The maximum Gasteiger partial charge on any atom is 0.472 e. The number of nitrogens with zero attached hydrogens (tertiary/aromatic N) is 6. The Balaban J connectivity index is 1.50. The average Bonchev–Trinajstić information content (AvgIpc) is 3.74. The zero-order valence-corrected chi connectivity index (χ0v) is 25.4. The van der Waals surface area contributed by atoms with E-state index in [4.69, 9.17) is 50.9 Å². The van der Waals surface area contributed by atoms with Gasteiger partial charge in [0.05, 0.1) is 19.3 Å². The highest BCUT2D eigenvalue weighted by Gasteiger charge is 2.49. The Labute approximate surface area is 257 Å². The van der Waals surface area contributed by atoms with E-state index in [2.05, 4.69) is 19.9 Å². The van der Waals surface area contributed by atoms with E-state index in [-0.39, 0.29) is 53.7 Å². The third-order valence-corrected chi connectivity index (χ3v) is 9.31. The van der Waals surface area contributed by atoms with Gasteiger partial charge in [-0.05, 0) is 0 Å². The standard InChI is InChI=1S/C23H31N12O10P/c1-40-5-11-10-4-14(43-11)33-8-35(16-18(33)29-22(25)31-20(16)37)23(26,27)34-7-32(17-15(34)19(36)30-21(24)28-17)13-3-9(41-2)12(44-13)6-42-46(38,39)45-10/h7-14H,3-6,26-27H2,1-2H3,(H5-2,24,25,28,29,30,31,36,37,38,39)/p+2/t9-,10-,11?,12?,13+,14+/m0/s1. The van der Waals surface area contributed by atoms with Crippen molar-refractivity contribution in [2.24, 2.45) is 11.5 Å². The molecule has 3 aliphatic heterocycles. The van der Waals surface area contributed by atoms with Gasteiger partial charge in [-0.1, -0.05) is 9.97 Å². The van der Waals surface area contributed by atoms with Crippen LogP contribution in [0.5, 0.6) is 0 Å². The summed E-state index contributed by atoms with van der Waals surface area (Å²) in [6.07, 6.45) is -2.28. The highest BCUT2D eigenvalue weighted by atomic mass is 31.2. The molecule has 0 radical (unpaired) electrons. The zero-order chi connectivity index (χ0) is 32.7. The molecule has 11 N–H and O–H groups in total. The molecule has 46 heavy (non-hydrogen) atoms. The van der Waals surface area contributed by atoms with Crippen molar-refractivity contribution in [1.82, 2.24) is 29.1 Å². The lowest BCUT2D eigenvalue weighted by atomic mass is 10.2. The van der Waals surface area contributed by atoms with Crippen LogP contribution in [0, 0.1) is 0 Å². The Morgan fingerprint density at radius 2 is 1.57 bits per heavy atom. The third-order valence-electron chi connectivity index (χ3n) is 8.30. The molecule has 2 saturated heterocycles. The molecule has 7 heterocycles. The minimum absolute atomic E-state index is 0.00147. The van der Waals surface area contributed by atoms with Gasteiger partial charge >= 0.3 is 25.0 Å². The number of methoxy groups -OCH3 is 2. The number of nitrogen functional groups attached to an aromatic ring is 2. The van der Waals surface area contributed by atoms with Crippen molar-refractivity contribution in [3.63, 3.8) is 0 Å². The lowest BCUT2D eigenvalue weighted by molar-refractivity contribution is -0.740. The zero-order valence-electron chi connectivity index (χ0n) is 24.5. The molecule has 4 aromatic heterocycles. The van der Waals surface area contributed by atoms with Crippen molar-refractivity contribution in [3.05, 3.63) is 33.4 Å². The van der Waals surface area contributed by atoms with E-state index in [1.165, 1.54) is 45.1 Å². The summed E-state index contributed by atoms with van der Waals surface area (Å²) in [6, 6.07) is 0. The van der Waals surface area contributed by atoms with Crippen LogP contribution in [0.15, 0.2) is 22.2 Å². The number of aromatic amines is 2. The normalized spacial score (nSPS) is 31.1. The number of nitrogens with two attached hydrogens (primary N) is 4. The fraction of sp³-hybridized carbons (Fsp3) is 0.565. The highest BCUT2D eigenvalue weighted by Crippen LogP contribution is 2.48. The summed E-state index contributed by atoms with van der Waals surface area (Å²) in [4.78, 5) is 51.0. The van der Waals surface area contributed by atoms with Gasteiger partial charge in [0.1, 0.15) is 18.3 Å². The molecule has 7 atom stereocenters. The van der Waals surface area contributed by atoms with E-state index in [1.807, 2.05) is 0 Å². The van der Waals surface area contributed by atoms with Crippen LogP contribution in [0.3, 0.4) is 0 Å². The molecule has 0 aromatic carbocycles. The molecule has 0 saturated carbocycles. The fourth-order valence-corrected chi connectivity index (χ4v) is 7.19. The number of imidazole rings is 2. The fourth-order valence-electron chi connectivity index (χ4n) is 6.23. The summed E-state index contributed by atoms with van der Waals surface area (Å²) in [5, 5.41) is 0. The van der Waals surface area contributed by atoms with E-state index in [0.29, 0.717) is 0 Å². The van der Waals surface area contributed by atoms with E-state index in [0.717, 1.165) is 0 Å². The van der Waals surface area contributed by atoms with Crippen LogP contribution in [0.1, 0.15) is 25.3 Å². The molecule has 3 aliphatic rings. The van der Waals surface area contributed by atoms with Crippen molar-refractivity contribution < 1.29 is 46.6 Å². The van der Waals surface area contributed by atoms with Crippen molar-refractivity contribution in [3.8, 4) is 0 Å². The van der Waals surface area contributed by atoms with Crippen LogP contribution in [0.25, 0.3) is 22.3 Å². The summed E-state index contributed by atoms with van der Waals surface area (Å²) >= 11 is 0. The maximum absolute atomic E-state index is 13.4. The van der Waals surface area contributed by atoms with E-state index >= 15 is 0 Å². The molecule has 22 nitrogen and oxygen atoms in total. The number of ether oxygens (including phenoxy) is 4. The average molecular weight is 669 g/mol. The predicted octanol–water partition coefficient (Wildman–Crippen LogP) is -3.71. The van der Waals surface area contributed by atoms with Crippen LogP contribution in [-0.2, 0) is 38.5 Å². The van der Waals surface area contributed by atoms with Gasteiger partial charge in [-0.15, -0.1) is 0 Å². The maximum atomic E-state index is 13.4. The van der Waals surface area contributed by atoms with Crippen LogP contribution < -0.4 is 43.2 Å². The van der Waals surface area contributed by atoms with Crippen molar-refractivity contribution >= 4 is 42.0 Å². The molecule has 0 spiro atoms. The SMILES string of the molecule is COCC1O[C@@H]2C[C@@H]1OP(=O)(O)OCC1O[C@H](C[C@@H]1OC)[n+]1cn(c3c(=O)[nH]c(N)nc31)C(N)(N)n1c[n+]2c2nc(N)[nH]c(=O)c21. The highest BCUT2D eigenvalue weighted by molar-refractivity contribution is 7.47. The summed E-state index contributed by atoms with van der Waals surface area (Å²) in [5.41, 5.74) is 23.8. The molecular formula is C23H33N12O10P+2. The number of phosphoric acid groups is 1. The molecule has 8 bridgehead atoms. The van der Waals surface area contributed by atoms with E-state index in [1.54, 1.807) is 0 Å². The predicted molar refractivity (Wildman–Crippen MR) is 152 cm³/mol. The first kappa shape index (κ1) is 30.8. The topological polar surface area (TPSA) is 306 Å². The minimum atomic E-state index is -4.71. The molecule has 0 aliphatic carbocycles. The van der Waals surface area contributed by atoms with Gasteiger partial charge in [0.2, 0.25) is 11.0 Å². The molecule has 7 rings (SSSR count). The summed E-state index contributed by atoms with van der Waals surface area (Å²) in [6.45, 7) is -0.420. The Hall–Kier alpha value is -3.83. The Bertz CT molecular complexity index is 2010. The second-order valence-electron chi connectivity index (χ2n) is 11.2. The van der Waals surface area contributed by atoms with Gasteiger partial charge in [0.15, 0.2) is 25.1 Å². The van der Waals surface area contributed by atoms with Gasteiger partial charge in [0.25, 0.3) is 23.0 Å². The third kappa shape index (κ3) is 4.90. The van der Waals surface area contributed by atoms with Gasteiger partial charge < -0.3 is 35.3 Å². The molecule has 0 amide bonds. The quantitative estimate of drug-likeness (QED) is 0.0627. The monoisotopic (exact) mass is 668 g/mol. The molecule has 4 aromatic rings. The molecule has 2 fully saturated rings. The molecule has 248 valence electrons. The molecular weight excluding hydrogens is 635 g/mol. The largest absolute Gasteiger partial charge is 0.472 e. The number of anilines is 2. The number of nitrogens with one attached hydrogen (secondary N) is 2. The number of phosphoric ester groups is 1. The molecule has 23 heteroatoms. The summed E-state index contributed by atoms with van der Waals surface area (Å²) in [7, 11) is -1.84. The summed E-state index contributed by atoms with van der Waals surface area (Å²) in [5.74, 6) is -2.62. The number of rotatable bonds is 3. The van der Waals surface area contributed by atoms with E-state index < -0.39 is 68.3 Å². The lowest BCUT2D eigenvalue weighted by Crippen LogP contribution is -2.58. The van der Waals surface area contributed by atoms with Gasteiger partial charge in [-0.2, -0.15) is 9.13 Å². The van der Waals surface area contributed by atoms with Crippen molar-refractivity contribution in [1.29, 1.82) is 0 Å². The number of H-pyrrole nitrogens is 2. The number of aromatic nitrogens is 8. The number of hydrogen-bond donors (Lipinski definition) is 7. The van der Waals surface area contributed by atoms with Crippen LogP contribution in [-0.4, -0.2) is 85.8 Å². The number of fused-ring (bicyclic) bond motifs is 16. The molecule has 3 unspecified atom stereocenters. The Kier molecular flexibility index (Phi) is 7.28.